The zero-order chi connectivity index (χ0) is 23.2. The molecule has 3 N–H and O–H groups in total. The lowest BCUT2D eigenvalue weighted by Gasteiger charge is -2.18. The Morgan fingerprint density at radius 1 is 1.15 bits per heavy atom. The van der Waals surface area contributed by atoms with Crippen molar-refractivity contribution < 1.29 is 9.53 Å². The number of anilines is 1. The number of H-pyrrole nitrogens is 1. The first-order chi connectivity index (χ1) is 16.0. The molecular formula is C24H27N5O2S2. The van der Waals surface area contributed by atoms with Crippen molar-refractivity contribution >= 4 is 45.0 Å². The van der Waals surface area contributed by atoms with Gasteiger partial charge in [-0.2, -0.15) is 0 Å². The highest BCUT2D eigenvalue weighted by Gasteiger charge is 2.19. The first-order valence-corrected chi connectivity index (χ1v) is 12.5. The molecule has 0 aliphatic carbocycles. The van der Waals surface area contributed by atoms with E-state index >= 15 is 0 Å². The molecule has 9 heteroatoms. The Hall–Kier alpha value is -3.04. The minimum atomic E-state index is -0.0353. The SMILES string of the molecule is COc1ccc(C(CNC(=O)CSc2nnc(NC(C)C)s2)c2c[nH]c3ccccc23)cc1. The molecule has 4 rings (SSSR count). The maximum atomic E-state index is 12.7. The van der Waals surface area contributed by atoms with Gasteiger partial charge in [0, 0.05) is 35.6 Å². The lowest BCUT2D eigenvalue weighted by molar-refractivity contribution is -0.118. The summed E-state index contributed by atoms with van der Waals surface area (Å²) in [4.78, 5) is 16.0. The lowest BCUT2D eigenvalue weighted by Crippen LogP contribution is -2.30. The highest BCUT2D eigenvalue weighted by molar-refractivity contribution is 8.01. The summed E-state index contributed by atoms with van der Waals surface area (Å²) in [5.74, 6) is 1.07. The summed E-state index contributed by atoms with van der Waals surface area (Å²) in [6, 6.07) is 16.5. The van der Waals surface area contributed by atoms with E-state index in [-0.39, 0.29) is 11.8 Å². The van der Waals surface area contributed by atoms with Crippen molar-refractivity contribution in [3.05, 3.63) is 65.9 Å². The fraction of sp³-hybridized carbons (Fsp3) is 0.292. The lowest BCUT2D eigenvalue weighted by atomic mass is 9.91. The van der Waals surface area contributed by atoms with Gasteiger partial charge in [0.25, 0.3) is 0 Å². The van der Waals surface area contributed by atoms with E-state index in [4.69, 9.17) is 4.74 Å². The van der Waals surface area contributed by atoms with Crippen LogP contribution < -0.4 is 15.4 Å². The molecule has 2 aromatic carbocycles. The summed E-state index contributed by atoms with van der Waals surface area (Å²) in [5, 5.41) is 16.5. The van der Waals surface area contributed by atoms with Gasteiger partial charge in [0.15, 0.2) is 4.34 Å². The van der Waals surface area contributed by atoms with Crippen LogP contribution in [0.25, 0.3) is 10.9 Å². The number of carbonyl (C=O) groups is 1. The van der Waals surface area contributed by atoms with Crippen LogP contribution in [0.15, 0.2) is 59.1 Å². The molecule has 1 unspecified atom stereocenters. The number of nitrogens with zero attached hydrogens (tertiary/aromatic N) is 2. The number of carbonyl (C=O) groups excluding carboxylic acids is 1. The van der Waals surface area contributed by atoms with E-state index in [1.807, 2.05) is 30.5 Å². The van der Waals surface area contributed by atoms with Crippen LogP contribution in [0.3, 0.4) is 0 Å². The Bertz CT molecular complexity index is 1200. The Kier molecular flexibility index (Phi) is 7.51. The third-order valence-electron chi connectivity index (χ3n) is 5.16. The highest BCUT2D eigenvalue weighted by Crippen LogP contribution is 2.31. The average Bonchev–Trinajstić information content (AvgIpc) is 3.45. The van der Waals surface area contributed by atoms with Gasteiger partial charge in [-0.15, -0.1) is 10.2 Å². The van der Waals surface area contributed by atoms with Crippen molar-refractivity contribution in [2.75, 3.05) is 24.7 Å². The van der Waals surface area contributed by atoms with Crippen LogP contribution in [0.4, 0.5) is 5.13 Å². The zero-order valence-electron chi connectivity index (χ0n) is 18.8. The molecule has 0 spiro atoms. The quantitative estimate of drug-likeness (QED) is 0.279. The van der Waals surface area contributed by atoms with Crippen LogP contribution in [-0.4, -0.2) is 46.5 Å². The first kappa shape index (κ1) is 23.1. The molecule has 0 saturated carbocycles. The Morgan fingerprint density at radius 3 is 2.70 bits per heavy atom. The van der Waals surface area contributed by atoms with Crippen LogP contribution >= 0.6 is 23.1 Å². The molecule has 7 nitrogen and oxygen atoms in total. The average molecular weight is 482 g/mol. The first-order valence-electron chi connectivity index (χ1n) is 10.7. The number of para-hydroxylation sites is 1. The van der Waals surface area contributed by atoms with Gasteiger partial charge in [-0.25, -0.2) is 0 Å². The summed E-state index contributed by atoms with van der Waals surface area (Å²) < 4.78 is 6.09. The summed E-state index contributed by atoms with van der Waals surface area (Å²) in [6.07, 6.45) is 2.03. The van der Waals surface area contributed by atoms with Crippen molar-refractivity contribution in [1.29, 1.82) is 0 Å². The van der Waals surface area contributed by atoms with Crippen LogP contribution in [0.1, 0.15) is 30.9 Å². The largest absolute Gasteiger partial charge is 0.497 e. The van der Waals surface area contributed by atoms with E-state index in [1.165, 1.54) is 23.1 Å². The maximum absolute atomic E-state index is 12.7. The van der Waals surface area contributed by atoms with E-state index in [0.717, 1.165) is 37.3 Å². The number of methoxy groups -OCH3 is 1. The van der Waals surface area contributed by atoms with E-state index in [9.17, 15) is 4.79 Å². The number of ether oxygens (including phenoxy) is 1. The van der Waals surface area contributed by atoms with Gasteiger partial charge in [-0.3, -0.25) is 4.79 Å². The smallest absolute Gasteiger partial charge is 0.230 e. The van der Waals surface area contributed by atoms with E-state index in [2.05, 4.69) is 63.9 Å². The van der Waals surface area contributed by atoms with Gasteiger partial charge >= 0.3 is 0 Å². The Morgan fingerprint density at radius 2 is 1.94 bits per heavy atom. The van der Waals surface area contributed by atoms with E-state index < -0.39 is 0 Å². The second-order valence-corrected chi connectivity index (χ2v) is 10.1. The molecule has 2 heterocycles. The van der Waals surface area contributed by atoms with Crippen molar-refractivity contribution in [3.8, 4) is 5.75 Å². The van der Waals surface area contributed by atoms with Crippen LogP contribution in [0, 0.1) is 0 Å². The number of nitrogens with one attached hydrogen (secondary N) is 3. The van der Waals surface area contributed by atoms with Gasteiger partial charge in [0.1, 0.15) is 5.75 Å². The second-order valence-electron chi connectivity index (χ2n) is 7.88. The molecule has 0 aliphatic heterocycles. The molecule has 1 amide bonds. The van der Waals surface area contributed by atoms with Crippen molar-refractivity contribution in [2.24, 2.45) is 0 Å². The van der Waals surface area contributed by atoms with Gasteiger partial charge in [-0.05, 0) is 43.2 Å². The van der Waals surface area contributed by atoms with Gasteiger partial charge in [-0.1, -0.05) is 53.4 Å². The van der Waals surface area contributed by atoms with Gasteiger partial charge in [0.05, 0.1) is 12.9 Å². The number of hydrogen-bond acceptors (Lipinski definition) is 7. The Labute approximate surface area is 201 Å². The fourth-order valence-corrected chi connectivity index (χ4v) is 5.32. The number of aromatic nitrogens is 3. The van der Waals surface area contributed by atoms with Crippen LogP contribution in [0.2, 0.25) is 0 Å². The summed E-state index contributed by atoms with van der Waals surface area (Å²) >= 11 is 2.86. The third-order valence-corrected chi connectivity index (χ3v) is 7.15. The number of rotatable bonds is 10. The fourth-order valence-electron chi connectivity index (χ4n) is 3.59. The summed E-state index contributed by atoms with van der Waals surface area (Å²) in [5.41, 5.74) is 3.34. The molecule has 0 bridgehead atoms. The normalized spacial score (nSPS) is 12.1. The molecule has 0 saturated heterocycles. The predicted octanol–water partition coefficient (Wildman–Crippen LogP) is 4.89. The molecule has 4 aromatic rings. The minimum Gasteiger partial charge on any atom is -0.497 e. The number of benzene rings is 2. The molecule has 2 aromatic heterocycles. The number of aromatic amines is 1. The summed E-state index contributed by atoms with van der Waals surface area (Å²) in [6.45, 7) is 4.59. The van der Waals surface area contributed by atoms with Gasteiger partial charge in [0.2, 0.25) is 11.0 Å². The number of thioether (sulfide) groups is 1. The maximum Gasteiger partial charge on any atom is 0.230 e. The predicted molar refractivity (Wildman–Crippen MR) is 136 cm³/mol. The molecule has 33 heavy (non-hydrogen) atoms. The molecule has 0 aliphatic rings. The zero-order valence-corrected chi connectivity index (χ0v) is 20.4. The summed E-state index contributed by atoms with van der Waals surface area (Å²) in [7, 11) is 1.66. The van der Waals surface area contributed by atoms with Crippen molar-refractivity contribution in [1.82, 2.24) is 20.5 Å². The molecule has 1 atom stereocenters. The highest BCUT2D eigenvalue weighted by atomic mass is 32.2. The van der Waals surface area contributed by atoms with Crippen molar-refractivity contribution in [3.63, 3.8) is 0 Å². The standard InChI is InChI=1S/C24H27N5O2S2/c1-15(2)27-23-28-29-24(33-23)32-14-22(30)26-12-19(16-8-10-17(31-3)11-9-16)20-13-25-21-7-5-4-6-18(20)21/h4-11,13,15,19,25H,12,14H2,1-3H3,(H,26,30)(H,27,28). The molecular weight excluding hydrogens is 454 g/mol. The van der Waals surface area contributed by atoms with E-state index in [0.29, 0.717) is 18.3 Å². The topological polar surface area (TPSA) is 91.9 Å². The van der Waals surface area contributed by atoms with Crippen LogP contribution in [-0.2, 0) is 4.79 Å². The van der Waals surface area contributed by atoms with Crippen LogP contribution in [0.5, 0.6) is 5.75 Å². The van der Waals surface area contributed by atoms with Crippen molar-refractivity contribution in [2.45, 2.75) is 30.1 Å². The molecule has 172 valence electrons. The Balaban J connectivity index is 1.45. The second kappa shape index (κ2) is 10.7. The van der Waals surface area contributed by atoms with Gasteiger partial charge < -0.3 is 20.4 Å². The van der Waals surface area contributed by atoms with E-state index in [1.54, 1.807) is 7.11 Å². The number of amides is 1. The molecule has 0 radical (unpaired) electrons. The minimum absolute atomic E-state index is 0.00406. The molecule has 0 fully saturated rings. The monoisotopic (exact) mass is 481 g/mol. The third kappa shape index (κ3) is 5.85. The number of fused-ring (bicyclic) bond motifs is 1. The number of hydrogen-bond donors (Lipinski definition) is 3.